The molecule has 0 aromatic rings. The van der Waals surface area contributed by atoms with E-state index < -0.39 is 5.97 Å². The Hall–Kier alpha value is -1.63. The number of carbonyl (C=O) groups is 3. The molecule has 0 unspecified atom stereocenters. The van der Waals surface area contributed by atoms with E-state index in [1.165, 1.54) is 0 Å². The van der Waals surface area contributed by atoms with Gasteiger partial charge in [0.2, 0.25) is 11.8 Å². The molecule has 0 aliphatic rings. The van der Waals surface area contributed by atoms with Gasteiger partial charge < -0.3 is 21.5 Å². The van der Waals surface area contributed by atoms with Crippen LogP contribution < -0.4 is 16.4 Å². The number of carboxylic acids is 1. The van der Waals surface area contributed by atoms with Gasteiger partial charge in [0.05, 0.1) is 13.1 Å². The van der Waals surface area contributed by atoms with E-state index in [9.17, 15) is 14.4 Å². The molecule has 7 heteroatoms. The van der Waals surface area contributed by atoms with Gasteiger partial charge in [-0.2, -0.15) is 0 Å². The van der Waals surface area contributed by atoms with Crippen LogP contribution in [-0.4, -0.2) is 42.5 Å². The van der Waals surface area contributed by atoms with Gasteiger partial charge in [-0.05, 0) is 12.8 Å². The average molecular weight is 245 g/mol. The highest BCUT2D eigenvalue weighted by Gasteiger charge is 2.03. The van der Waals surface area contributed by atoms with E-state index in [0.29, 0.717) is 13.0 Å². The predicted molar refractivity (Wildman–Crippen MR) is 61.2 cm³/mol. The van der Waals surface area contributed by atoms with Crippen LogP contribution in [0.15, 0.2) is 0 Å². The van der Waals surface area contributed by atoms with Crippen LogP contribution in [0.1, 0.15) is 25.7 Å². The van der Waals surface area contributed by atoms with Crippen molar-refractivity contribution in [3.8, 4) is 0 Å². The van der Waals surface area contributed by atoms with Crippen LogP contribution in [0.2, 0.25) is 0 Å². The maximum atomic E-state index is 11.1. The fourth-order valence-electron chi connectivity index (χ4n) is 1.12. The number of aliphatic carboxylic acids is 1. The van der Waals surface area contributed by atoms with Crippen molar-refractivity contribution in [2.45, 2.75) is 25.7 Å². The average Bonchev–Trinajstić information content (AvgIpc) is 2.30. The van der Waals surface area contributed by atoms with Crippen molar-refractivity contribution < 1.29 is 19.5 Å². The number of hydrogen-bond donors (Lipinski definition) is 4. The Balaban J connectivity index is 3.33. The predicted octanol–water partition coefficient (Wildman–Crippen LogP) is -1.18. The first-order chi connectivity index (χ1) is 8.06. The lowest BCUT2D eigenvalue weighted by Crippen LogP contribution is -2.39. The summed E-state index contributed by atoms with van der Waals surface area (Å²) in [7, 11) is 0. The maximum Gasteiger partial charge on any atom is 0.303 e. The summed E-state index contributed by atoms with van der Waals surface area (Å²) < 4.78 is 0. The van der Waals surface area contributed by atoms with Crippen LogP contribution in [0.3, 0.4) is 0 Å². The Morgan fingerprint density at radius 1 is 1.00 bits per heavy atom. The van der Waals surface area contributed by atoms with E-state index in [1.807, 2.05) is 0 Å². The Morgan fingerprint density at radius 2 is 1.71 bits per heavy atom. The smallest absolute Gasteiger partial charge is 0.303 e. The maximum absolute atomic E-state index is 11.1. The molecule has 0 saturated heterocycles. The summed E-state index contributed by atoms with van der Waals surface area (Å²) in [6.07, 6.45) is 2.24. The highest BCUT2D eigenvalue weighted by atomic mass is 16.4. The summed E-state index contributed by atoms with van der Waals surface area (Å²) >= 11 is 0. The van der Waals surface area contributed by atoms with Crippen molar-refractivity contribution in [2.24, 2.45) is 5.73 Å². The monoisotopic (exact) mass is 245 g/mol. The molecule has 0 rings (SSSR count). The van der Waals surface area contributed by atoms with E-state index in [0.717, 1.165) is 12.8 Å². The second-order valence-corrected chi connectivity index (χ2v) is 3.54. The highest BCUT2D eigenvalue weighted by Crippen LogP contribution is 1.98. The van der Waals surface area contributed by atoms with Crippen LogP contribution in [-0.2, 0) is 14.4 Å². The largest absolute Gasteiger partial charge is 0.481 e. The van der Waals surface area contributed by atoms with Gasteiger partial charge in [-0.3, -0.25) is 14.4 Å². The van der Waals surface area contributed by atoms with Crippen molar-refractivity contribution in [1.29, 1.82) is 0 Å². The first kappa shape index (κ1) is 15.4. The molecule has 7 nitrogen and oxygen atoms in total. The van der Waals surface area contributed by atoms with Crippen molar-refractivity contribution in [1.82, 2.24) is 10.6 Å². The number of amides is 2. The lowest BCUT2D eigenvalue weighted by atomic mass is 10.2. The minimum absolute atomic E-state index is 0.0782. The van der Waals surface area contributed by atoms with Crippen LogP contribution in [0.25, 0.3) is 0 Å². The standard InChI is InChI=1S/C10H19N3O4/c11-6-8(14)13-7-9(15)12-5-3-1-2-4-10(16)17/h1-7,11H2,(H,12,15)(H,13,14)(H,16,17). The van der Waals surface area contributed by atoms with Gasteiger partial charge in [0.15, 0.2) is 0 Å². The third-order valence-electron chi connectivity index (χ3n) is 2.02. The molecule has 0 heterocycles. The number of nitrogens with two attached hydrogens (primary N) is 1. The molecule has 0 spiro atoms. The lowest BCUT2D eigenvalue weighted by molar-refractivity contribution is -0.137. The molecule has 17 heavy (non-hydrogen) atoms. The SMILES string of the molecule is NCC(=O)NCC(=O)NCCCCCC(=O)O. The van der Waals surface area contributed by atoms with Crippen LogP contribution in [0.5, 0.6) is 0 Å². The highest BCUT2D eigenvalue weighted by molar-refractivity contribution is 5.85. The molecule has 0 aliphatic heterocycles. The number of carbonyl (C=O) groups excluding carboxylic acids is 2. The zero-order valence-corrected chi connectivity index (χ0v) is 9.70. The number of rotatable bonds is 9. The van der Waals surface area contributed by atoms with E-state index in [1.54, 1.807) is 0 Å². The van der Waals surface area contributed by atoms with Crippen LogP contribution in [0.4, 0.5) is 0 Å². The van der Waals surface area contributed by atoms with Crippen molar-refractivity contribution in [2.75, 3.05) is 19.6 Å². The molecule has 0 saturated carbocycles. The van der Waals surface area contributed by atoms with E-state index in [4.69, 9.17) is 10.8 Å². The molecule has 0 fully saturated rings. The van der Waals surface area contributed by atoms with Gasteiger partial charge >= 0.3 is 5.97 Å². The van der Waals surface area contributed by atoms with Crippen molar-refractivity contribution in [3.05, 3.63) is 0 Å². The molecule has 0 radical (unpaired) electrons. The molecule has 0 aromatic heterocycles. The first-order valence-electron chi connectivity index (χ1n) is 5.51. The summed E-state index contributed by atoms with van der Waals surface area (Å²) in [6, 6.07) is 0. The Bertz CT molecular complexity index is 268. The van der Waals surface area contributed by atoms with Gasteiger partial charge in [0.25, 0.3) is 0 Å². The number of nitrogens with one attached hydrogen (secondary N) is 2. The normalized spacial score (nSPS) is 9.71. The molecule has 0 aromatic carbocycles. The summed E-state index contributed by atoms with van der Waals surface area (Å²) in [5, 5.41) is 13.3. The second kappa shape index (κ2) is 9.59. The topological polar surface area (TPSA) is 122 Å². The zero-order chi connectivity index (χ0) is 13.1. The summed E-state index contributed by atoms with van der Waals surface area (Å²) in [5.41, 5.74) is 5.05. The van der Waals surface area contributed by atoms with Gasteiger partial charge in [-0.15, -0.1) is 0 Å². The third kappa shape index (κ3) is 10.6. The minimum atomic E-state index is -0.807. The molecular weight excluding hydrogens is 226 g/mol. The van der Waals surface area contributed by atoms with Crippen LogP contribution >= 0.6 is 0 Å². The quantitative estimate of drug-likeness (QED) is 0.381. The molecule has 0 aliphatic carbocycles. The molecule has 5 N–H and O–H groups in total. The number of hydrogen-bond acceptors (Lipinski definition) is 4. The Morgan fingerprint density at radius 3 is 2.29 bits per heavy atom. The zero-order valence-electron chi connectivity index (χ0n) is 9.70. The Kier molecular flexibility index (Phi) is 8.67. The van der Waals surface area contributed by atoms with Gasteiger partial charge in [0, 0.05) is 13.0 Å². The van der Waals surface area contributed by atoms with Gasteiger partial charge in [0.1, 0.15) is 0 Å². The van der Waals surface area contributed by atoms with E-state index in [2.05, 4.69) is 10.6 Å². The fourth-order valence-corrected chi connectivity index (χ4v) is 1.12. The van der Waals surface area contributed by atoms with Crippen molar-refractivity contribution >= 4 is 17.8 Å². The number of carboxylic acid groups (broad SMARTS) is 1. The first-order valence-corrected chi connectivity index (χ1v) is 5.51. The van der Waals surface area contributed by atoms with Gasteiger partial charge in [-0.25, -0.2) is 0 Å². The molecular formula is C10H19N3O4. The summed E-state index contributed by atoms with van der Waals surface area (Å²) in [4.78, 5) is 32.1. The summed E-state index contributed by atoms with van der Waals surface area (Å²) in [6.45, 7) is 0.268. The van der Waals surface area contributed by atoms with Crippen LogP contribution in [0, 0.1) is 0 Å². The van der Waals surface area contributed by atoms with E-state index >= 15 is 0 Å². The third-order valence-corrected chi connectivity index (χ3v) is 2.02. The molecule has 0 bridgehead atoms. The molecule has 0 atom stereocenters. The van der Waals surface area contributed by atoms with E-state index in [-0.39, 0.29) is 31.3 Å². The summed E-state index contributed by atoms with van der Waals surface area (Å²) in [5.74, 6) is -1.45. The van der Waals surface area contributed by atoms with Gasteiger partial charge in [-0.1, -0.05) is 6.42 Å². The minimum Gasteiger partial charge on any atom is -0.481 e. The second-order valence-electron chi connectivity index (χ2n) is 3.54. The van der Waals surface area contributed by atoms with Crippen molar-refractivity contribution in [3.63, 3.8) is 0 Å². The molecule has 2 amide bonds. The Labute approximate surface area is 99.7 Å². The fraction of sp³-hybridized carbons (Fsp3) is 0.700. The molecule has 98 valence electrons. The number of unbranched alkanes of at least 4 members (excludes halogenated alkanes) is 2. The lowest BCUT2D eigenvalue weighted by Gasteiger charge is -2.05.